The van der Waals surface area contributed by atoms with Gasteiger partial charge in [0.2, 0.25) is 0 Å². The molecule has 0 aliphatic carbocycles. The molecule has 5 nitrogen and oxygen atoms in total. The van der Waals surface area contributed by atoms with Crippen LogP contribution >= 0.6 is 0 Å². The predicted molar refractivity (Wildman–Crippen MR) is 123 cm³/mol. The summed E-state index contributed by atoms with van der Waals surface area (Å²) in [6, 6.07) is 24.0. The van der Waals surface area contributed by atoms with Crippen LogP contribution in [0.1, 0.15) is 34.6 Å². The number of nitrogens with one attached hydrogen (secondary N) is 1. The number of rotatable bonds is 6. The number of ketones is 1. The molecule has 0 aliphatic heterocycles. The third kappa shape index (κ3) is 4.46. The first-order valence-electron chi connectivity index (χ1n) is 10.1. The van der Waals surface area contributed by atoms with Crippen LogP contribution in [0.4, 0.5) is 5.69 Å². The number of amides is 1. The molecule has 0 saturated carbocycles. The van der Waals surface area contributed by atoms with E-state index in [1.165, 1.54) is 6.92 Å². The van der Waals surface area contributed by atoms with Crippen LogP contribution in [0.5, 0.6) is 5.75 Å². The molecule has 0 fully saturated rings. The Balaban J connectivity index is 1.67. The SMILES string of the molecule is CCOc1cc(-c2ccccc2)nc2ccc(C(=O)Nc3ccc(C(C)=O)cc3)cc12. The fourth-order valence-corrected chi connectivity index (χ4v) is 3.36. The highest BCUT2D eigenvalue weighted by molar-refractivity contribution is 6.07. The van der Waals surface area contributed by atoms with Gasteiger partial charge in [-0.1, -0.05) is 30.3 Å². The lowest BCUT2D eigenvalue weighted by atomic mass is 10.1. The van der Waals surface area contributed by atoms with Crippen LogP contribution in [0.3, 0.4) is 0 Å². The van der Waals surface area contributed by atoms with Gasteiger partial charge in [-0.25, -0.2) is 4.98 Å². The van der Waals surface area contributed by atoms with Crippen LogP contribution in [0.25, 0.3) is 22.2 Å². The smallest absolute Gasteiger partial charge is 0.255 e. The average Bonchev–Trinajstić information content (AvgIpc) is 2.80. The summed E-state index contributed by atoms with van der Waals surface area (Å²) in [6.45, 7) is 3.94. The molecule has 1 N–H and O–H groups in total. The van der Waals surface area contributed by atoms with Crippen molar-refractivity contribution in [2.75, 3.05) is 11.9 Å². The molecule has 154 valence electrons. The van der Waals surface area contributed by atoms with E-state index in [2.05, 4.69) is 5.32 Å². The predicted octanol–water partition coefficient (Wildman–Crippen LogP) is 5.76. The van der Waals surface area contributed by atoms with Gasteiger partial charge in [-0.05, 0) is 56.3 Å². The number of nitrogens with zero attached hydrogens (tertiary/aromatic N) is 1. The Labute approximate surface area is 180 Å². The molecule has 0 spiro atoms. The van der Waals surface area contributed by atoms with Crippen molar-refractivity contribution in [3.63, 3.8) is 0 Å². The summed E-state index contributed by atoms with van der Waals surface area (Å²) < 4.78 is 5.87. The Morgan fingerprint density at radius 3 is 2.29 bits per heavy atom. The summed E-state index contributed by atoms with van der Waals surface area (Å²) in [4.78, 5) is 29.0. The lowest BCUT2D eigenvalue weighted by Crippen LogP contribution is -2.12. The van der Waals surface area contributed by atoms with Crippen molar-refractivity contribution >= 4 is 28.3 Å². The van der Waals surface area contributed by atoms with Crippen molar-refractivity contribution < 1.29 is 14.3 Å². The number of hydrogen-bond acceptors (Lipinski definition) is 4. The van der Waals surface area contributed by atoms with Crippen LogP contribution in [-0.2, 0) is 0 Å². The molecule has 0 radical (unpaired) electrons. The zero-order valence-electron chi connectivity index (χ0n) is 17.4. The quantitative estimate of drug-likeness (QED) is 0.411. The van der Waals surface area contributed by atoms with Crippen molar-refractivity contribution in [2.24, 2.45) is 0 Å². The molecule has 0 atom stereocenters. The Kier molecular flexibility index (Phi) is 5.76. The summed E-state index contributed by atoms with van der Waals surface area (Å²) in [5, 5.41) is 3.65. The summed E-state index contributed by atoms with van der Waals surface area (Å²) in [5.74, 6) is 0.428. The Bertz CT molecular complexity index is 1250. The lowest BCUT2D eigenvalue weighted by molar-refractivity contribution is 0.101. The second kappa shape index (κ2) is 8.79. The average molecular weight is 410 g/mol. The van der Waals surface area contributed by atoms with Crippen LogP contribution in [-0.4, -0.2) is 23.3 Å². The first kappa shape index (κ1) is 20.3. The highest BCUT2D eigenvalue weighted by atomic mass is 16.5. The van der Waals surface area contributed by atoms with Gasteiger partial charge in [-0.2, -0.15) is 0 Å². The monoisotopic (exact) mass is 410 g/mol. The third-order valence-electron chi connectivity index (χ3n) is 4.95. The highest BCUT2D eigenvalue weighted by Crippen LogP contribution is 2.31. The third-order valence-corrected chi connectivity index (χ3v) is 4.95. The van der Waals surface area contributed by atoms with Crippen molar-refractivity contribution in [1.29, 1.82) is 0 Å². The Hall–Kier alpha value is -3.99. The van der Waals surface area contributed by atoms with Gasteiger partial charge in [0, 0.05) is 33.8 Å². The number of ether oxygens (including phenoxy) is 1. The number of Topliss-reactive ketones (excluding diaryl/α,β-unsaturated/α-hetero) is 1. The normalized spacial score (nSPS) is 10.6. The maximum absolute atomic E-state index is 12.8. The van der Waals surface area contributed by atoms with E-state index in [1.807, 2.05) is 49.4 Å². The molecule has 1 heterocycles. The van der Waals surface area contributed by atoms with E-state index < -0.39 is 0 Å². The molecular weight excluding hydrogens is 388 g/mol. The lowest BCUT2D eigenvalue weighted by Gasteiger charge is -2.12. The molecule has 0 aliphatic rings. The topological polar surface area (TPSA) is 68.3 Å². The van der Waals surface area contributed by atoms with Gasteiger partial charge in [0.1, 0.15) is 5.75 Å². The summed E-state index contributed by atoms with van der Waals surface area (Å²) in [7, 11) is 0. The van der Waals surface area contributed by atoms with Crippen LogP contribution < -0.4 is 10.1 Å². The molecule has 0 saturated heterocycles. The number of carbonyl (C=O) groups is 2. The van der Waals surface area contributed by atoms with Gasteiger partial charge >= 0.3 is 0 Å². The number of pyridine rings is 1. The Morgan fingerprint density at radius 1 is 0.903 bits per heavy atom. The van der Waals surface area contributed by atoms with E-state index in [1.54, 1.807) is 36.4 Å². The highest BCUT2D eigenvalue weighted by Gasteiger charge is 2.13. The van der Waals surface area contributed by atoms with Crippen molar-refractivity contribution in [3.8, 4) is 17.0 Å². The van der Waals surface area contributed by atoms with Crippen molar-refractivity contribution in [1.82, 2.24) is 4.98 Å². The number of hydrogen-bond donors (Lipinski definition) is 1. The van der Waals surface area contributed by atoms with Gasteiger partial charge in [0.05, 0.1) is 17.8 Å². The van der Waals surface area contributed by atoms with Gasteiger partial charge < -0.3 is 10.1 Å². The molecule has 0 bridgehead atoms. The number of aromatic nitrogens is 1. The summed E-state index contributed by atoms with van der Waals surface area (Å²) >= 11 is 0. The van der Waals surface area contributed by atoms with Gasteiger partial charge in [0.25, 0.3) is 5.91 Å². The summed E-state index contributed by atoms with van der Waals surface area (Å²) in [5.41, 5.74) is 4.30. The van der Waals surface area contributed by atoms with Gasteiger partial charge in [-0.3, -0.25) is 9.59 Å². The number of fused-ring (bicyclic) bond motifs is 1. The number of anilines is 1. The fourth-order valence-electron chi connectivity index (χ4n) is 3.36. The fraction of sp³-hybridized carbons (Fsp3) is 0.115. The minimum absolute atomic E-state index is 0.0155. The van der Waals surface area contributed by atoms with Gasteiger partial charge in [0.15, 0.2) is 5.78 Å². The molecule has 4 aromatic rings. The minimum Gasteiger partial charge on any atom is -0.493 e. The Morgan fingerprint density at radius 2 is 1.61 bits per heavy atom. The van der Waals surface area contributed by atoms with E-state index in [9.17, 15) is 9.59 Å². The summed E-state index contributed by atoms with van der Waals surface area (Å²) in [6.07, 6.45) is 0. The zero-order valence-corrected chi connectivity index (χ0v) is 17.4. The molecular formula is C26H22N2O3. The second-order valence-electron chi connectivity index (χ2n) is 7.12. The standard InChI is InChI=1S/C26H22N2O3/c1-3-31-25-16-24(19-7-5-4-6-8-19)28-23-14-11-20(15-22(23)25)26(30)27-21-12-9-18(10-13-21)17(2)29/h4-16H,3H2,1-2H3,(H,27,30). The van der Waals surface area contributed by atoms with Crippen molar-refractivity contribution in [2.45, 2.75) is 13.8 Å². The molecule has 5 heteroatoms. The number of benzene rings is 3. The second-order valence-corrected chi connectivity index (χ2v) is 7.12. The van der Waals surface area contributed by atoms with E-state index in [-0.39, 0.29) is 11.7 Å². The van der Waals surface area contributed by atoms with Gasteiger partial charge in [-0.15, -0.1) is 0 Å². The first-order chi connectivity index (χ1) is 15.0. The minimum atomic E-state index is -0.243. The van der Waals surface area contributed by atoms with E-state index >= 15 is 0 Å². The molecule has 3 aromatic carbocycles. The molecule has 1 aromatic heterocycles. The maximum Gasteiger partial charge on any atom is 0.255 e. The van der Waals surface area contributed by atoms with E-state index in [0.717, 1.165) is 22.2 Å². The molecule has 31 heavy (non-hydrogen) atoms. The molecule has 1 amide bonds. The largest absolute Gasteiger partial charge is 0.493 e. The van der Waals surface area contributed by atoms with E-state index in [0.29, 0.717) is 29.2 Å². The number of carbonyl (C=O) groups excluding carboxylic acids is 2. The zero-order chi connectivity index (χ0) is 21.8. The maximum atomic E-state index is 12.8. The first-order valence-corrected chi connectivity index (χ1v) is 10.1. The van der Waals surface area contributed by atoms with Crippen LogP contribution in [0.2, 0.25) is 0 Å². The van der Waals surface area contributed by atoms with Crippen molar-refractivity contribution in [3.05, 3.63) is 90.0 Å². The van der Waals surface area contributed by atoms with Crippen LogP contribution in [0.15, 0.2) is 78.9 Å². The van der Waals surface area contributed by atoms with Crippen LogP contribution in [0, 0.1) is 0 Å². The van der Waals surface area contributed by atoms with E-state index in [4.69, 9.17) is 9.72 Å². The molecule has 0 unspecified atom stereocenters. The molecule has 4 rings (SSSR count).